The Hall–Kier alpha value is -1.05. The zero-order valence-electron chi connectivity index (χ0n) is 12.3. The first-order valence-corrected chi connectivity index (χ1v) is 6.89. The van der Waals surface area contributed by atoms with E-state index in [0.717, 1.165) is 6.42 Å². The van der Waals surface area contributed by atoms with Gasteiger partial charge in [0.1, 0.15) is 6.10 Å². The van der Waals surface area contributed by atoms with E-state index < -0.39 is 0 Å². The van der Waals surface area contributed by atoms with E-state index in [0.29, 0.717) is 11.3 Å². The number of allylic oxidation sites excluding steroid dienone is 3. The average molecular weight is 250 g/mol. The van der Waals surface area contributed by atoms with Crippen LogP contribution >= 0.6 is 0 Å². The fourth-order valence-corrected chi connectivity index (χ4v) is 2.69. The molecule has 102 valence electrons. The smallest absolute Gasteiger partial charge is 0.303 e. The Morgan fingerprint density at radius 3 is 2.78 bits per heavy atom. The second kappa shape index (κ2) is 6.21. The normalized spacial score (nSPS) is 24.7. The molecular formula is C16H26O2. The maximum Gasteiger partial charge on any atom is 0.303 e. The largest absolute Gasteiger partial charge is 0.458 e. The van der Waals surface area contributed by atoms with Crippen LogP contribution in [0.25, 0.3) is 0 Å². The minimum absolute atomic E-state index is 0.0898. The molecule has 18 heavy (non-hydrogen) atoms. The summed E-state index contributed by atoms with van der Waals surface area (Å²) in [4.78, 5) is 11.0. The highest BCUT2D eigenvalue weighted by Crippen LogP contribution is 2.41. The van der Waals surface area contributed by atoms with E-state index >= 15 is 0 Å². The Balaban J connectivity index is 2.77. The number of carbonyl (C=O) groups is 1. The molecule has 0 aliphatic heterocycles. The van der Waals surface area contributed by atoms with E-state index in [1.807, 2.05) is 6.92 Å². The van der Waals surface area contributed by atoms with Crippen LogP contribution in [0.3, 0.4) is 0 Å². The zero-order valence-corrected chi connectivity index (χ0v) is 12.3. The van der Waals surface area contributed by atoms with Crippen molar-refractivity contribution in [2.24, 2.45) is 11.3 Å². The summed E-state index contributed by atoms with van der Waals surface area (Å²) in [7, 11) is 0. The molecule has 1 rings (SSSR count). The maximum atomic E-state index is 11.0. The van der Waals surface area contributed by atoms with Gasteiger partial charge in [0.15, 0.2) is 0 Å². The molecule has 0 heterocycles. The van der Waals surface area contributed by atoms with Crippen molar-refractivity contribution in [1.29, 1.82) is 0 Å². The summed E-state index contributed by atoms with van der Waals surface area (Å²) in [6.07, 6.45) is 9.72. The Bertz CT molecular complexity index is 350. The summed E-state index contributed by atoms with van der Waals surface area (Å²) in [5.74, 6) is 0.248. The fraction of sp³-hybridized carbons (Fsp3) is 0.688. The summed E-state index contributed by atoms with van der Waals surface area (Å²) in [5, 5.41) is 0. The van der Waals surface area contributed by atoms with Crippen molar-refractivity contribution in [1.82, 2.24) is 0 Å². The van der Waals surface area contributed by atoms with Crippen LogP contribution in [0.15, 0.2) is 23.8 Å². The number of rotatable bonds is 4. The third-order valence-corrected chi connectivity index (χ3v) is 3.83. The fourth-order valence-electron chi connectivity index (χ4n) is 2.69. The predicted molar refractivity (Wildman–Crippen MR) is 75.2 cm³/mol. The molecular weight excluding hydrogens is 224 g/mol. The first-order valence-electron chi connectivity index (χ1n) is 6.89. The van der Waals surface area contributed by atoms with E-state index in [2.05, 4.69) is 39.0 Å². The van der Waals surface area contributed by atoms with Crippen LogP contribution < -0.4 is 0 Å². The van der Waals surface area contributed by atoms with Crippen LogP contribution in [0, 0.1) is 11.3 Å². The Kier molecular flexibility index (Phi) is 5.18. The Labute approximate surface area is 111 Å². The van der Waals surface area contributed by atoms with Gasteiger partial charge in [-0.3, -0.25) is 4.79 Å². The summed E-state index contributed by atoms with van der Waals surface area (Å²) >= 11 is 0. The molecule has 0 radical (unpaired) electrons. The Morgan fingerprint density at radius 1 is 1.61 bits per heavy atom. The molecule has 0 aromatic heterocycles. The monoisotopic (exact) mass is 250 g/mol. The van der Waals surface area contributed by atoms with Crippen molar-refractivity contribution in [3.8, 4) is 0 Å². The first-order chi connectivity index (χ1) is 8.36. The molecule has 0 amide bonds. The molecule has 2 atom stereocenters. The van der Waals surface area contributed by atoms with E-state index in [1.165, 1.54) is 25.3 Å². The van der Waals surface area contributed by atoms with E-state index in [4.69, 9.17) is 4.74 Å². The molecule has 2 heteroatoms. The first kappa shape index (κ1) is 15.0. The van der Waals surface area contributed by atoms with Crippen molar-refractivity contribution in [3.63, 3.8) is 0 Å². The number of carbonyl (C=O) groups excluding carboxylic acids is 1. The van der Waals surface area contributed by atoms with Crippen LogP contribution in [0.4, 0.5) is 0 Å². The van der Waals surface area contributed by atoms with Gasteiger partial charge >= 0.3 is 5.97 Å². The van der Waals surface area contributed by atoms with Crippen LogP contribution in [0.5, 0.6) is 0 Å². The lowest BCUT2D eigenvalue weighted by atomic mass is 9.68. The van der Waals surface area contributed by atoms with Crippen molar-refractivity contribution in [2.45, 2.75) is 60.0 Å². The van der Waals surface area contributed by atoms with Crippen LogP contribution in [0.1, 0.15) is 53.9 Å². The van der Waals surface area contributed by atoms with Gasteiger partial charge in [-0.1, -0.05) is 38.5 Å². The Morgan fingerprint density at radius 2 is 2.28 bits per heavy atom. The van der Waals surface area contributed by atoms with E-state index in [-0.39, 0.29) is 12.1 Å². The van der Waals surface area contributed by atoms with Crippen molar-refractivity contribution >= 4 is 5.97 Å². The van der Waals surface area contributed by atoms with Gasteiger partial charge in [0.2, 0.25) is 0 Å². The highest BCUT2D eigenvalue weighted by molar-refractivity contribution is 5.66. The lowest BCUT2D eigenvalue weighted by molar-refractivity contribution is -0.144. The quantitative estimate of drug-likeness (QED) is 0.550. The predicted octanol–water partition coefficient (Wildman–Crippen LogP) is 4.27. The number of hydrogen-bond donors (Lipinski definition) is 0. The molecule has 0 N–H and O–H groups in total. The molecule has 0 saturated heterocycles. The van der Waals surface area contributed by atoms with Crippen LogP contribution in [0.2, 0.25) is 0 Å². The van der Waals surface area contributed by atoms with Crippen molar-refractivity contribution in [3.05, 3.63) is 23.8 Å². The van der Waals surface area contributed by atoms with Gasteiger partial charge in [-0.25, -0.2) is 0 Å². The highest BCUT2D eigenvalue weighted by atomic mass is 16.5. The van der Waals surface area contributed by atoms with Crippen LogP contribution in [-0.4, -0.2) is 12.1 Å². The lowest BCUT2D eigenvalue weighted by Crippen LogP contribution is -2.26. The topological polar surface area (TPSA) is 26.3 Å². The maximum absolute atomic E-state index is 11.0. The van der Waals surface area contributed by atoms with Crippen molar-refractivity contribution < 1.29 is 9.53 Å². The summed E-state index contributed by atoms with van der Waals surface area (Å²) in [6, 6.07) is 0. The minimum atomic E-state index is -0.207. The summed E-state index contributed by atoms with van der Waals surface area (Å²) in [6.45, 7) is 10.3. The molecule has 2 unspecified atom stereocenters. The molecule has 0 aromatic carbocycles. The highest BCUT2D eigenvalue weighted by Gasteiger charge is 2.30. The van der Waals surface area contributed by atoms with Gasteiger partial charge in [0, 0.05) is 12.8 Å². The number of ether oxygens (including phenoxy) is 1. The average Bonchev–Trinajstić information content (AvgIpc) is 2.25. The van der Waals surface area contributed by atoms with Gasteiger partial charge in [-0.15, -0.1) is 0 Å². The zero-order chi connectivity index (χ0) is 13.8. The van der Waals surface area contributed by atoms with Gasteiger partial charge in [0.05, 0.1) is 0 Å². The molecule has 0 saturated carbocycles. The summed E-state index contributed by atoms with van der Waals surface area (Å²) in [5.41, 5.74) is 1.73. The second-order valence-electron chi connectivity index (χ2n) is 5.89. The molecule has 1 aliphatic carbocycles. The summed E-state index contributed by atoms with van der Waals surface area (Å²) < 4.78 is 5.25. The number of hydrogen-bond acceptors (Lipinski definition) is 2. The lowest BCUT2D eigenvalue weighted by Gasteiger charge is -2.36. The third-order valence-electron chi connectivity index (χ3n) is 3.83. The minimum Gasteiger partial charge on any atom is -0.458 e. The van der Waals surface area contributed by atoms with Gasteiger partial charge in [-0.05, 0) is 37.7 Å². The third kappa shape index (κ3) is 4.01. The molecule has 0 bridgehead atoms. The molecule has 0 spiro atoms. The van der Waals surface area contributed by atoms with Crippen molar-refractivity contribution in [2.75, 3.05) is 0 Å². The number of esters is 1. The SMILES string of the molecule is CCC(/C=C/C1C(C)=CCCC1(C)C)OC(C)=O. The molecule has 2 nitrogen and oxygen atoms in total. The van der Waals surface area contributed by atoms with Gasteiger partial charge < -0.3 is 4.74 Å². The van der Waals surface area contributed by atoms with Crippen LogP contribution in [-0.2, 0) is 9.53 Å². The van der Waals surface area contributed by atoms with Gasteiger partial charge in [0.25, 0.3) is 0 Å². The second-order valence-corrected chi connectivity index (χ2v) is 5.89. The molecule has 0 fully saturated rings. The molecule has 1 aliphatic rings. The molecule has 0 aromatic rings. The van der Waals surface area contributed by atoms with E-state index in [9.17, 15) is 4.79 Å². The van der Waals surface area contributed by atoms with Gasteiger partial charge in [-0.2, -0.15) is 0 Å². The standard InChI is InChI=1S/C16H26O2/c1-6-14(18-13(3)17)9-10-15-12(2)8-7-11-16(15,4)5/h8-10,14-15H,6-7,11H2,1-5H3/b10-9+. The van der Waals surface area contributed by atoms with E-state index in [1.54, 1.807) is 0 Å².